The average Bonchev–Trinajstić information content (AvgIpc) is 1.39. The van der Waals surface area contributed by atoms with Gasteiger partial charge < -0.3 is 33.9 Å². The van der Waals surface area contributed by atoms with Gasteiger partial charge in [-0.1, -0.05) is 361 Å². The minimum Gasteiger partial charge on any atom is -0.481 e. The molecule has 722 valence electrons. The van der Waals surface area contributed by atoms with E-state index in [9.17, 15) is 38.8 Å². The quantitative estimate of drug-likeness (QED) is 0.0159. The summed E-state index contributed by atoms with van der Waals surface area (Å²) in [5.41, 5.74) is 7.08. The summed E-state index contributed by atoms with van der Waals surface area (Å²) < 4.78 is 21.5. The van der Waals surface area contributed by atoms with Gasteiger partial charge in [0.05, 0.1) is 30.9 Å². The number of H-pyrrole nitrogens is 1. The molecule has 2 N–H and O–H groups in total. The number of hydrogen-bond acceptors (Lipinski definition) is 15. The Morgan fingerprint density at radius 3 is 1.04 bits per heavy atom. The van der Waals surface area contributed by atoms with Gasteiger partial charge in [-0.05, 0) is 198 Å². The van der Waals surface area contributed by atoms with Crippen LogP contribution in [0.1, 0.15) is 278 Å². The fourth-order valence-corrected chi connectivity index (χ4v) is 13.5. The number of nitrogens with zero attached hydrogens (tertiary/aromatic N) is 6. The molecule has 5 aromatic rings. The molecule has 19 nitrogen and oxygen atoms in total. The number of allylic oxidation sites excluding steroid dienone is 31. The SMILES string of the molecule is CC/C=C\C/C=C\C/C=C\C/C=C\C/C=C\C/C=C\CC(=O)OCCOC(=O)C[C@H](C(C)C)N(Cc1ccc(-c2ccccc2C#N)cc1)C(=O)CCCC.CC/C=C\C/C=C\C/C=C\C/C=C\C/C=C\CCCC(=O)O.CC/C=C\C/C=C\C/C=C\C/C=C\C/C=C\CCCC(=O)OCCOC(=O)C[C@H](C(C)C)N(Cc1ccc(-c2ccccc2-c2nn[nH]n2)cc1)C(=O)CCCC. The molecule has 0 spiro atoms. The zero-order valence-electron chi connectivity index (χ0n) is 81.8. The molecule has 1 aromatic heterocycles. The summed E-state index contributed by atoms with van der Waals surface area (Å²) in [6, 6.07) is 32.8. The summed E-state index contributed by atoms with van der Waals surface area (Å²) in [6.45, 7) is 19.2. The van der Waals surface area contributed by atoms with Crippen LogP contribution in [-0.4, -0.2) is 116 Å². The molecule has 134 heavy (non-hydrogen) atoms. The highest BCUT2D eigenvalue weighted by Gasteiger charge is 2.31. The summed E-state index contributed by atoms with van der Waals surface area (Å²) in [4.78, 5) is 91.4. The van der Waals surface area contributed by atoms with Crippen molar-refractivity contribution in [3.63, 3.8) is 0 Å². The summed E-state index contributed by atoms with van der Waals surface area (Å²) in [5.74, 6) is -1.75. The lowest BCUT2D eigenvalue weighted by Crippen LogP contribution is -2.44. The predicted molar refractivity (Wildman–Crippen MR) is 549 cm³/mol. The molecule has 2 amide bonds. The first kappa shape index (κ1) is 116. The number of carboxylic acid groups (broad SMARTS) is 1. The topological polar surface area (TPSA) is 261 Å². The van der Waals surface area contributed by atoms with E-state index in [1.54, 1.807) is 17.0 Å². The number of benzene rings is 4. The monoisotopic (exact) mass is 1830 g/mol. The molecule has 4 aromatic carbocycles. The standard InChI is InChI=1S/C48H62N2O5.C47H63N5O5.C20H30O2/c1-5-7-9-10-11-12-13-14-15-16-17-18-19-20-21-22-23-24-30-47(52)54-35-36-55-48(53)37-45(40(3)4)50(46(51)29-8-6-2)39-41-31-33-42(34-32-41)44-28-26-25-27-43(44)38-49;1-5-7-9-10-11-12-13-14-15-16-17-18-19-20-21-22-23-29-45(54)56-34-35-57-46(55)36-43(38(3)4)52(44(53)28-8-6-2)37-39-30-32-40(33-31-39)41-26-24-25-27-42(41)47-48-50-51-49-47;1-2-3-4-5-6-7-8-9-10-11-12-13-14-15-16-17-18-19-20(21)22/h7,9,11-12,14-15,17-18,20-21,23-28,31-34,40,45H,5-6,8,10,13,16,19,22,29-30,35-37,39H2,1-4H3;7,9,11-12,14-15,17-18,20-21,24-27,30-33,38,43H,5-6,8,10,13,16,19,22-23,28-29,34-37H2,1-4H3,(H,48,49,50,51);3-4,6-7,9-10,12-13,15-16H,2,5,8,11,14,17-19H2,1H3,(H,21,22)/b9-7-,12-11-,15-14-,18-17-,21-20-,24-23-;9-7-,12-11-,15-14-,18-17-,21-20-;4-3-,7-6-,10-9-,13-12-,16-15-/t45-;43-;/m11./s1. The van der Waals surface area contributed by atoms with Crippen LogP contribution in [0.5, 0.6) is 0 Å². The molecule has 0 radical (unpaired) electrons. The van der Waals surface area contributed by atoms with Gasteiger partial charge in [0.1, 0.15) is 26.4 Å². The van der Waals surface area contributed by atoms with Crippen LogP contribution in [0, 0.1) is 23.2 Å². The number of carbonyl (C=O) groups is 7. The van der Waals surface area contributed by atoms with E-state index in [0.717, 1.165) is 187 Å². The minimum atomic E-state index is -0.715. The largest absolute Gasteiger partial charge is 0.481 e. The molecule has 0 aliphatic carbocycles. The lowest BCUT2D eigenvalue weighted by atomic mass is 9.96. The summed E-state index contributed by atoms with van der Waals surface area (Å²) in [5, 5.41) is 32.5. The molecule has 0 saturated heterocycles. The van der Waals surface area contributed by atoms with Crippen LogP contribution in [0.25, 0.3) is 33.6 Å². The highest BCUT2D eigenvalue weighted by Crippen LogP contribution is 2.32. The van der Waals surface area contributed by atoms with Crippen molar-refractivity contribution in [1.82, 2.24) is 30.4 Å². The van der Waals surface area contributed by atoms with Gasteiger partial charge >= 0.3 is 29.8 Å². The zero-order chi connectivity index (χ0) is 97.2. The van der Waals surface area contributed by atoms with Crippen LogP contribution in [-0.2, 0) is 65.6 Å². The second-order valence-electron chi connectivity index (χ2n) is 32.7. The Hall–Kier alpha value is -12.4. The summed E-state index contributed by atoms with van der Waals surface area (Å²) in [7, 11) is 0. The second kappa shape index (κ2) is 79.2. The van der Waals surface area contributed by atoms with E-state index in [-0.39, 0.29) is 99.8 Å². The number of aliphatic carboxylic acids is 1. The zero-order valence-corrected chi connectivity index (χ0v) is 81.8. The fourth-order valence-electron chi connectivity index (χ4n) is 13.5. The maximum absolute atomic E-state index is 13.6. The van der Waals surface area contributed by atoms with Crippen molar-refractivity contribution in [3.8, 4) is 39.7 Å². The number of amides is 2. The summed E-state index contributed by atoms with van der Waals surface area (Å²) in [6.07, 6.45) is 91.9. The van der Waals surface area contributed by atoms with Crippen molar-refractivity contribution in [2.75, 3.05) is 26.4 Å². The number of carboxylic acids is 1. The van der Waals surface area contributed by atoms with Gasteiger partial charge in [-0.25, -0.2) is 0 Å². The van der Waals surface area contributed by atoms with E-state index in [1.165, 1.54) is 0 Å². The molecule has 0 aliphatic heterocycles. The van der Waals surface area contributed by atoms with Crippen LogP contribution in [0.3, 0.4) is 0 Å². The highest BCUT2D eigenvalue weighted by atomic mass is 16.6. The average molecular weight is 1830 g/mol. The van der Waals surface area contributed by atoms with E-state index in [2.05, 4.69) is 237 Å². The van der Waals surface area contributed by atoms with Gasteiger partial charge in [0.2, 0.25) is 17.6 Å². The first-order chi connectivity index (χ1) is 65.4. The molecular weight excluding hydrogens is 1670 g/mol. The van der Waals surface area contributed by atoms with Crippen LogP contribution >= 0.6 is 0 Å². The van der Waals surface area contributed by atoms with Crippen molar-refractivity contribution >= 4 is 41.7 Å². The molecule has 0 fully saturated rings. The Morgan fingerprint density at radius 1 is 0.373 bits per heavy atom. The van der Waals surface area contributed by atoms with E-state index < -0.39 is 17.9 Å². The number of nitriles is 1. The Balaban J connectivity index is 0.000000565. The molecular formula is C115H155N7O12. The van der Waals surface area contributed by atoms with Crippen LogP contribution in [0.4, 0.5) is 0 Å². The van der Waals surface area contributed by atoms with Crippen LogP contribution < -0.4 is 0 Å². The number of esters is 4. The third kappa shape index (κ3) is 57.8. The number of unbranched alkanes of at least 4 members (excludes halogenated alkanes) is 4. The van der Waals surface area contributed by atoms with E-state index in [0.29, 0.717) is 50.2 Å². The van der Waals surface area contributed by atoms with Gasteiger partial charge in [-0.15, -0.1) is 10.2 Å². The van der Waals surface area contributed by atoms with Gasteiger partial charge in [0, 0.05) is 56.4 Å². The number of rotatable bonds is 66. The maximum atomic E-state index is 13.6. The molecule has 0 unspecified atom stereocenters. The van der Waals surface area contributed by atoms with Gasteiger partial charge in [-0.2, -0.15) is 10.5 Å². The Morgan fingerprint density at radius 2 is 0.694 bits per heavy atom. The Bertz CT molecular complexity index is 4610. The number of tetrazole rings is 1. The molecule has 0 saturated carbocycles. The third-order valence-electron chi connectivity index (χ3n) is 20.9. The lowest BCUT2D eigenvalue weighted by Gasteiger charge is -2.34. The van der Waals surface area contributed by atoms with E-state index in [4.69, 9.17) is 24.1 Å². The summed E-state index contributed by atoms with van der Waals surface area (Å²) >= 11 is 0. The number of ether oxygens (including phenoxy) is 4. The normalized spacial score (nSPS) is 12.6. The highest BCUT2D eigenvalue weighted by molar-refractivity contribution is 5.82. The molecule has 1 heterocycles. The van der Waals surface area contributed by atoms with Gasteiger partial charge in [0.25, 0.3) is 0 Å². The number of hydrogen-bond donors (Lipinski definition) is 2. The van der Waals surface area contributed by atoms with Gasteiger partial charge in [-0.3, -0.25) is 33.6 Å². The number of aromatic nitrogens is 4. The first-order valence-corrected chi connectivity index (χ1v) is 48.7. The van der Waals surface area contributed by atoms with Crippen molar-refractivity contribution in [1.29, 1.82) is 5.26 Å². The van der Waals surface area contributed by atoms with E-state index >= 15 is 0 Å². The number of nitrogens with one attached hydrogen (secondary N) is 1. The number of aromatic amines is 1. The second-order valence-corrected chi connectivity index (χ2v) is 32.7. The first-order valence-electron chi connectivity index (χ1n) is 48.7. The minimum absolute atomic E-state index is 0.0000675. The smallest absolute Gasteiger partial charge is 0.309 e. The molecule has 19 heteroatoms. The van der Waals surface area contributed by atoms with Crippen molar-refractivity contribution in [2.45, 2.75) is 287 Å². The van der Waals surface area contributed by atoms with Crippen LogP contribution in [0.15, 0.2) is 291 Å². The molecule has 5 rings (SSSR count). The van der Waals surface area contributed by atoms with Crippen molar-refractivity contribution in [3.05, 3.63) is 308 Å². The molecule has 0 aliphatic rings. The van der Waals surface area contributed by atoms with Gasteiger partial charge in [0.15, 0.2) is 0 Å². The molecule has 0 bridgehead atoms. The Labute approximate surface area is 803 Å². The predicted octanol–water partition coefficient (Wildman–Crippen LogP) is 27.8. The van der Waals surface area contributed by atoms with Crippen LogP contribution in [0.2, 0.25) is 0 Å². The molecule has 2 atom stereocenters. The Kier molecular flexibility index (Phi) is 68.4. The lowest BCUT2D eigenvalue weighted by molar-refractivity contribution is -0.154. The van der Waals surface area contributed by atoms with E-state index in [1.807, 2.05) is 137 Å². The third-order valence-corrected chi connectivity index (χ3v) is 20.9. The fraction of sp³-hybridized carbons (Fsp3) is 0.435. The maximum Gasteiger partial charge on any atom is 0.309 e. The van der Waals surface area contributed by atoms with Crippen molar-refractivity contribution in [2.24, 2.45) is 11.8 Å². The number of carbonyl (C=O) groups excluding carboxylic acids is 6. The van der Waals surface area contributed by atoms with Crippen molar-refractivity contribution < 1.29 is 57.6 Å².